The van der Waals surface area contributed by atoms with Gasteiger partial charge >= 0.3 is 0 Å². The van der Waals surface area contributed by atoms with Gasteiger partial charge in [0.05, 0.1) is 11.0 Å². The average molecular weight is 274 g/mol. The van der Waals surface area contributed by atoms with Crippen LogP contribution >= 0.6 is 0 Å². The number of fused-ring (bicyclic) bond motifs is 1. The average Bonchev–Trinajstić information content (AvgIpc) is 2.70. The number of imidazole rings is 1. The summed E-state index contributed by atoms with van der Waals surface area (Å²) in [5, 5.41) is 2.98. The maximum Gasteiger partial charge on any atom is 0.221 e. The predicted molar refractivity (Wildman–Crippen MR) is 81.4 cm³/mol. The Labute approximate surface area is 119 Å². The van der Waals surface area contributed by atoms with E-state index in [2.05, 4.69) is 21.8 Å². The van der Waals surface area contributed by atoms with Gasteiger partial charge in [-0.2, -0.15) is 0 Å². The summed E-state index contributed by atoms with van der Waals surface area (Å²) in [4.78, 5) is 16.3. The topological polar surface area (TPSA) is 72.9 Å². The molecule has 108 valence electrons. The third kappa shape index (κ3) is 3.10. The van der Waals surface area contributed by atoms with E-state index in [4.69, 9.17) is 5.73 Å². The Kier molecular flexibility index (Phi) is 4.27. The molecule has 1 aromatic heterocycles. The fourth-order valence-corrected chi connectivity index (χ4v) is 2.21. The molecule has 5 heteroatoms. The molecule has 2 rings (SSSR count). The van der Waals surface area contributed by atoms with E-state index in [-0.39, 0.29) is 11.9 Å². The molecule has 1 aromatic carbocycles. The molecule has 0 bridgehead atoms. The number of nitrogens with two attached hydrogens (primary N) is 1. The lowest BCUT2D eigenvalue weighted by Gasteiger charge is -2.12. The summed E-state index contributed by atoms with van der Waals surface area (Å²) in [6.07, 6.45) is 1.40. The van der Waals surface area contributed by atoms with Crippen LogP contribution < -0.4 is 11.1 Å². The number of rotatable bonds is 5. The second-order valence-electron chi connectivity index (χ2n) is 5.19. The van der Waals surface area contributed by atoms with Gasteiger partial charge in [-0.05, 0) is 38.5 Å². The zero-order chi connectivity index (χ0) is 14.7. The van der Waals surface area contributed by atoms with E-state index in [0.717, 1.165) is 23.3 Å². The number of hydrogen-bond donors (Lipinski definition) is 2. The third-order valence-electron chi connectivity index (χ3n) is 3.55. The Morgan fingerprint density at radius 3 is 2.95 bits per heavy atom. The summed E-state index contributed by atoms with van der Waals surface area (Å²) in [5.74, 6) is 0.984. The first kappa shape index (κ1) is 14.4. The molecule has 20 heavy (non-hydrogen) atoms. The SMILES string of the molecule is CCC(C)NC(=O)CCn1c(C)nc2cc(N)ccc21. The lowest BCUT2D eigenvalue weighted by molar-refractivity contribution is -0.121. The molecule has 1 amide bonds. The highest BCUT2D eigenvalue weighted by Gasteiger charge is 2.10. The molecule has 0 saturated heterocycles. The van der Waals surface area contributed by atoms with Crippen LogP contribution in [-0.2, 0) is 11.3 Å². The minimum atomic E-state index is 0.0797. The maximum atomic E-state index is 11.8. The van der Waals surface area contributed by atoms with Gasteiger partial charge in [-0.25, -0.2) is 4.98 Å². The van der Waals surface area contributed by atoms with Crippen molar-refractivity contribution in [3.05, 3.63) is 24.0 Å². The van der Waals surface area contributed by atoms with Gasteiger partial charge in [0.25, 0.3) is 0 Å². The Bertz CT molecular complexity index is 618. The molecule has 5 nitrogen and oxygen atoms in total. The smallest absolute Gasteiger partial charge is 0.221 e. The minimum absolute atomic E-state index is 0.0797. The van der Waals surface area contributed by atoms with Gasteiger partial charge in [0.2, 0.25) is 5.91 Å². The second-order valence-corrected chi connectivity index (χ2v) is 5.19. The Morgan fingerprint density at radius 2 is 2.25 bits per heavy atom. The van der Waals surface area contributed by atoms with Crippen molar-refractivity contribution in [1.82, 2.24) is 14.9 Å². The summed E-state index contributed by atoms with van der Waals surface area (Å²) in [6.45, 7) is 6.65. The van der Waals surface area contributed by atoms with Crippen LogP contribution in [0.1, 0.15) is 32.5 Å². The van der Waals surface area contributed by atoms with Crippen molar-refractivity contribution in [2.45, 2.75) is 46.2 Å². The summed E-state index contributed by atoms with van der Waals surface area (Å²) >= 11 is 0. The molecule has 0 aliphatic rings. The van der Waals surface area contributed by atoms with Crippen LogP contribution in [-0.4, -0.2) is 21.5 Å². The number of carbonyl (C=O) groups excluding carboxylic acids is 1. The van der Waals surface area contributed by atoms with Gasteiger partial charge < -0.3 is 15.6 Å². The summed E-state index contributed by atoms with van der Waals surface area (Å²) in [7, 11) is 0. The molecule has 3 N–H and O–H groups in total. The van der Waals surface area contributed by atoms with Gasteiger partial charge in [0.1, 0.15) is 5.82 Å². The molecule has 1 atom stereocenters. The molecule has 0 fully saturated rings. The summed E-state index contributed by atoms with van der Waals surface area (Å²) in [6, 6.07) is 5.90. The van der Waals surface area contributed by atoms with Crippen molar-refractivity contribution < 1.29 is 4.79 Å². The Hall–Kier alpha value is -2.04. The standard InChI is InChI=1S/C15H22N4O/c1-4-10(2)17-15(20)7-8-19-11(3)18-13-9-12(16)5-6-14(13)19/h5-6,9-10H,4,7-8,16H2,1-3H3,(H,17,20). The lowest BCUT2D eigenvalue weighted by Crippen LogP contribution is -2.32. The zero-order valence-electron chi connectivity index (χ0n) is 12.3. The maximum absolute atomic E-state index is 11.8. The van der Waals surface area contributed by atoms with Crippen LogP contribution in [0.5, 0.6) is 0 Å². The highest BCUT2D eigenvalue weighted by atomic mass is 16.1. The number of aryl methyl sites for hydroxylation is 2. The highest BCUT2D eigenvalue weighted by Crippen LogP contribution is 2.19. The van der Waals surface area contributed by atoms with E-state index >= 15 is 0 Å². The van der Waals surface area contributed by atoms with E-state index < -0.39 is 0 Å². The largest absolute Gasteiger partial charge is 0.399 e. The first-order valence-corrected chi connectivity index (χ1v) is 7.03. The molecule has 0 saturated carbocycles. The van der Waals surface area contributed by atoms with E-state index in [1.165, 1.54) is 0 Å². The molecule has 1 unspecified atom stereocenters. The second kappa shape index (κ2) is 5.94. The number of anilines is 1. The predicted octanol–water partition coefficient (Wildman–Crippen LogP) is 2.23. The number of carbonyl (C=O) groups is 1. The zero-order valence-corrected chi connectivity index (χ0v) is 12.3. The number of hydrogen-bond acceptors (Lipinski definition) is 3. The van der Waals surface area contributed by atoms with Gasteiger partial charge in [-0.15, -0.1) is 0 Å². The van der Waals surface area contributed by atoms with Crippen LogP contribution in [0.4, 0.5) is 5.69 Å². The van der Waals surface area contributed by atoms with Crippen molar-refractivity contribution in [3.8, 4) is 0 Å². The van der Waals surface area contributed by atoms with E-state index in [9.17, 15) is 4.79 Å². The number of nitrogens with one attached hydrogen (secondary N) is 1. The van der Waals surface area contributed by atoms with Crippen LogP contribution in [0.3, 0.4) is 0 Å². The van der Waals surface area contributed by atoms with Crippen molar-refractivity contribution in [3.63, 3.8) is 0 Å². The molecular formula is C15H22N4O. The van der Waals surface area contributed by atoms with Crippen molar-refractivity contribution in [2.24, 2.45) is 0 Å². The molecular weight excluding hydrogens is 252 g/mol. The number of amides is 1. The molecule has 0 spiro atoms. The van der Waals surface area contributed by atoms with Crippen LogP contribution in [0, 0.1) is 6.92 Å². The molecule has 0 aliphatic carbocycles. The Balaban J connectivity index is 2.10. The fraction of sp³-hybridized carbons (Fsp3) is 0.467. The summed E-state index contributed by atoms with van der Waals surface area (Å²) in [5.41, 5.74) is 8.37. The summed E-state index contributed by atoms with van der Waals surface area (Å²) < 4.78 is 2.06. The van der Waals surface area contributed by atoms with E-state index in [1.54, 1.807) is 0 Å². The van der Waals surface area contributed by atoms with Crippen molar-refractivity contribution >= 4 is 22.6 Å². The monoisotopic (exact) mass is 274 g/mol. The first-order chi connectivity index (χ1) is 9.51. The quantitative estimate of drug-likeness (QED) is 0.821. The molecule has 0 radical (unpaired) electrons. The van der Waals surface area contributed by atoms with Crippen molar-refractivity contribution in [2.75, 3.05) is 5.73 Å². The third-order valence-corrected chi connectivity index (χ3v) is 3.55. The van der Waals surface area contributed by atoms with Crippen LogP contribution in [0.15, 0.2) is 18.2 Å². The highest BCUT2D eigenvalue weighted by molar-refractivity contribution is 5.80. The number of benzene rings is 1. The normalized spacial score (nSPS) is 12.6. The van der Waals surface area contributed by atoms with Gasteiger partial charge in [0.15, 0.2) is 0 Å². The number of aromatic nitrogens is 2. The van der Waals surface area contributed by atoms with Gasteiger partial charge in [-0.3, -0.25) is 4.79 Å². The fourth-order valence-electron chi connectivity index (χ4n) is 2.21. The molecule has 2 aromatic rings. The van der Waals surface area contributed by atoms with E-state index in [1.807, 2.05) is 32.0 Å². The van der Waals surface area contributed by atoms with Crippen molar-refractivity contribution in [1.29, 1.82) is 0 Å². The van der Waals surface area contributed by atoms with Crippen LogP contribution in [0.2, 0.25) is 0 Å². The first-order valence-electron chi connectivity index (χ1n) is 7.03. The molecule has 0 aliphatic heterocycles. The van der Waals surface area contributed by atoms with Gasteiger partial charge in [0, 0.05) is 24.7 Å². The van der Waals surface area contributed by atoms with Gasteiger partial charge in [-0.1, -0.05) is 6.92 Å². The number of nitrogens with zero attached hydrogens (tertiary/aromatic N) is 2. The lowest BCUT2D eigenvalue weighted by atomic mass is 10.2. The van der Waals surface area contributed by atoms with Crippen LogP contribution in [0.25, 0.3) is 11.0 Å². The Morgan fingerprint density at radius 1 is 1.50 bits per heavy atom. The van der Waals surface area contributed by atoms with E-state index in [0.29, 0.717) is 18.7 Å². The molecule has 1 heterocycles. The number of nitrogen functional groups attached to an aromatic ring is 1. The minimum Gasteiger partial charge on any atom is -0.399 e.